The van der Waals surface area contributed by atoms with Gasteiger partial charge in [-0.2, -0.15) is 4.31 Å². The first kappa shape index (κ1) is 20.7. The summed E-state index contributed by atoms with van der Waals surface area (Å²) in [6.45, 7) is 0.813. The van der Waals surface area contributed by atoms with Crippen LogP contribution in [0.4, 0.5) is 0 Å². The smallest absolute Gasteiger partial charge is 0.481 e. The van der Waals surface area contributed by atoms with Gasteiger partial charge < -0.3 is 29.1 Å². The van der Waals surface area contributed by atoms with E-state index in [1.54, 1.807) is 13.2 Å². The number of hydrogen-bond donors (Lipinski definition) is 3. The van der Waals surface area contributed by atoms with Crippen molar-refractivity contribution in [3.05, 3.63) is 35.4 Å². The first-order valence-corrected chi connectivity index (χ1v) is 12.6. The molecule has 4 aliphatic rings. The maximum Gasteiger partial charge on any atom is 0.481 e. The van der Waals surface area contributed by atoms with Crippen molar-refractivity contribution < 1.29 is 42.1 Å². The van der Waals surface area contributed by atoms with Crippen LogP contribution in [-0.4, -0.2) is 58.5 Å². The van der Waals surface area contributed by atoms with Crippen LogP contribution in [0.25, 0.3) is 0 Å². The van der Waals surface area contributed by atoms with Gasteiger partial charge >= 0.3 is 15.6 Å². The molecule has 0 radical (unpaired) electrons. The summed E-state index contributed by atoms with van der Waals surface area (Å²) < 4.78 is 44.4. The number of benzene rings is 1. The quantitative estimate of drug-likeness (QED) is 0.441. The molecular weight excluding hydrogens is 436 g/mol. The summed E-state index contributed by atoms with van der Waals surface area (Å²) in [5.41, 5.74) is 1.70. The van der Waals surface area contributed by atoms with Gasteiger partial charge in [0.15, 0.2) is 11.5 Å². The molecule has 164 valence electrons. The second-order valence-electron chi connectivity index (χ2n) is 8.23. The third-order valence-electron chi connectivity index (χ3n) is 6.80. The molecule has 1 spiro atoms. The maximum atomic E-state index is 12.3. The van der Waals surface area contributed by atoms with Crippen LogP contribution in [0, 0.1) is 5.92 Å². The van der Waals surface area contributed by atoms with Crippen LogP contribution in [0.2, 0.25) is 0 Å². The molecule has 1 aromatic rings. The van der Waals surface area contributed by atoms with Gasteiger partial charge in [0.2, 0.25) is 0 Å². The number of ether oxygens (including phenoxy) is 2. The Labute approximate surface area is 173 Å². The van der Waals surface area contributed by atoms with Crippen LogP contribution in [0.1, 0.15) is 17.5 Å². The molecule has 12 heteroatoms. The van der Waals surface area contributed by atoms with Gasteiger partial charge in [-0.3, -0.25) is 4.52 Å². The topological polar surface area (TPSA) is 135 Å². The molecular formula is C18H23NO9P2. The lowest BCUT2D eigenvalue weighted by Gasteiger charge is -2.56. The lowest BCUT2D eigenvalue weighted by atomic mass is 9.53. The van der Waals surface area contributed by atoms with E-state index in [2.05, 4.69) is 16.3 Å². The highest BCUT2D eigenvalue weighted by Crippen LogP contribution is 2.65. The first-order valence-electron chi connectivity index (χ1n) is 9.59. The Bertz CT molecular complexity index is 1020. The van der Waals surface area contributed by atoms with E-state index in [9.17, 15) is 14.0 Å². The highest BCUT2D eigenvalue weighted by molar-refractivity contribution is 7.60. The van der Waals surface area contributed by atoms with Crippen molar-refractivity contribution in [2.75, 3.05) is 20.7 Å². The van der Waals surface area contributed by atoms with Gasteiger partial charge in [-0.15, -0.1) is 0 Å². The fraction of sp³-hybridized carbons (Fsp3) is 0.556. The Morgan fingerprint density at radius 3 is 2.70 bits per heavy atom. The molecule has 1 saturated heterocycles. The molecule has 2 aliphatic carbocycles. The van der Waals surface area contributed by atoms with Crippen LogP contribution in [0.15, 0.2) is 24.3 Å². The number of phosphoric ester groups is 1. The van der Waals surface area contributed by atoms with E-state index >= 15 is 0 Å². The second kappa shape index (κ2) is 6.64. The minimum Gasteiger partial charge on any atom is -0.493 e. The maximum absolute atomic E-state index is 12.3. The summed E-state index contributed by atoms with van der Waals surface area (Å²) in [5, 5.41) is 0. The molecule has 1 fully saturated rings. The summed E-state index contributed by atoms with van der Waals surface area (Å²) >= 11 is 0. The highest BCUT2D eigenvalue weighted by atomic mass is 31.3. The summed E-state index contributed by atoms with van der Waals surface area (Å²) in [7, 11) is -6.62. The standard InChI is InChI=1S/C18H23NO9P2/c1-19-8-7-18-11-4-6-14(27-30(23,24)28-29(20,21)22)17(18)26-16-13(25-2)5-3-10(15(16)18)9-12(11)19/h3-6,11-12,14,17H,7-9H2,1-2H3,(H,23,24)(H2,20,21,22)/t11-,12-,14+,17+,18?/m1/s1. The van der Waals surface area contributed by atoms with Crippen molar-refractivity contribution in [2.24, 2.45) is 5.92 Å². The minimum atomic E-state index is -5.22. The van der Waals surface area contributed by atoms with Gasteiger partial charge in [0.25, 0.3) is 0 Å². The summed E-state index contributed by atoms with van der Waals surface area (Å²) in [6.07, 6.45) is 3.50. The number of methoxy groups -OCH3 is 1. The zero-order valence-electron chi connectivity index (χ0n) is 16.4. The lowest BCUT2D eigenvalue weighted by Crippen LogP contribution is -2.65. The molecule has 30 heavy (non-hydrogen) atoms. The van der Waals surface area contributed by atoms with Gasteiger partial charge in [-0.25, -0.2) is 9.13 Å². The van der Waals surface area contributed by atoms with Crippen molar-refractivity contribution in [3.8, 4) is 11.5 Å². The zero-order chi connectivity index (χ0) is 21.5. The largest absolute Gasteiger partial charge is 0.493 e. The Morgan fingerprint density at radius 2 is 2.00 bits per heavy atom. The van der Waals surface area contributed by atoms with Gasteiger partial charge in [0.05, 0.1) is 7.11 Å². The van der Waals surface area contributed by atoms with Crippen LogP contribution in [0.3, 0.4) is 0 Å². The number of likely N-dealkylation sites (tertiary alicyclic amines) is 1. The summed E-state index contributed by atoms with van der Waals surface area (Å²) in [4.78, 5) is 30.1. The first-order chi connectivity index (χ1) is 14.1. The van der Waals surface area contributed by atoms with Crippen molar-refractivity contribution in [2.45, 2.75) is 36.5 Å². The molecule has 2 unspecified atom stereocenters. The lowest BCUT2D eigenvalue weighted by molar-refractivity contribution is -0.0439. The molecule has 0 aromatic heterocycles. The van der Waals surface area contributed by atoms with E-state index in [0.29, 0.717) is 11.5 Å². The van der Waals surface area contributed by atoms with Crippen LogP contribution in [0.5, 0.6) is 11.5 Å². The molecule has 2 bridgehead atoms. The Morgan fingerprint density at radius 1 is 1.23 bits per heavy atom. The van der Waals surface area contributed by atoms with Crippen molar-refractivity contribution in [1.82, 2.24) is 4.90 Å². The predicted octanol–water partition coefficient (Wildman–Crippen LogP) is 1.74. The van der Waals surface area contributed by atoms with Gasteiger partial charge in [0, 0.05) is 22.9 Å². The zero-order valence-corrected chi connectivity index (χ0v) is 18.2. The van der Waals surface area contributed by atoms with E-state index in [-0.39, 0.29) is 12.0 Å². The van der Waals surface area contributed by atoms with E-state index in [1.165, 1.54) is 0 Å². The molecule has 10 nitrogen and oxygen atoms in total. The van der Waals surface area contributed by atoms with E-state index in [1.807, 2.05) is 18.2 Å². The van der Waals surface area contributed by atoms with E-state index in [0.717, 1.165) is 30.5 Å². The molecule has 0 saturated carbocycles. The van der Waals surface area contributed by atoms with E-state index in [4.69, 9.17) is 23.8 Å². The Kier molecular flexibility index (Phi) is 4.57. The van der Waals surface area contributed by atoms with E-state index < -0.39 is 33.3 Å². The SMILES string of the molecule is COc1ccc2c3c1O[C@H]1[C@@H](OP(=O)(O)OP(=O)(O)O)C=C[C@@H]4[C@@H](C2)N(C)CCC341. The second-order valence-corrected chi connectivity index (χ2v) is 11.0. The number of rotatable bonds is 5. The van der Waals surface area contributed by atoms with Crippen molar-refractivity contribution >= 4 is 15.6 Å². The van der Waals surface area contributed by atoms with Gasteiger partial charge in [-0.1, -0.05) is 18.2 Å². The Hall–Kier alpha value is -1.22. The summed E-state index contributed by atoms with van der Waals surface area (Å²) in [6, 6.07) is 4.13. The fourth-order valence-electron chi connectivity index (χ4n) is 5.77. The van der Waals surface area contributed by atoms with Crippen molar-refractivity contribution in [3.63, 3.8) is 0 Å². The average Bonchev–Trinajstić information content (AvgIpc) is 2.98. The molecule has 6 atom stereocenters. The fourth-order valence-corrected chi connectivity index (χ4v) is 7.49. The average molecular weight is 459 g/mol. The number of hydrogen-bond acceptors (Lipinski definition) is 7. The van der Waals surface area contributed by atoms with Crippen molar-refractivity contribution in [1.29, 1.82) is 0 Å². The monoisotopic (exact) mass is 459 g/mol. The molecule has 2 aliphatic heterocycles. The third-order valence-corrected chi connectivity index (χ3v) is 8.99. The van der Waals surface area contributed by atoms with Crippen LogP contribution < -0.4 is 9.47 Å². The molecule has 1 aromatic carbocycles. The molecule has 2 heterocycles. The molecule has 5 rings (SSSR count). The van der Waals surface area contributed by atoms with Gasteiger partial charge in [0.1, 0.15) is 12.2 Å². The van der Waals surface area contributed by atoms with Crippen LogP contribution in [-0.2, 0) is 29.8 Å². The molecule has 3 N–H and O–H groups in total. The van der Waals surface area contributed by atoms with Crippen LogP contribution >= 0.6 is 15.6 Å². The predicted molar refractivity (Wildman–Crippen MR) is 104 cm³/mol. The normalized spacial score (nSPS) is 36.0. The molecule has 0 amide bonds. The highest BCUT2D eigenvalue weighted by Gasteiger charge is 2.65. The minimum absolute atomic E-state index is 0.0998. The number of phosphoric acid groups is 2. The van der Waals surface area contributed by atoms with Gasteiger partial charge in [-0.05, 0) is 38.1 Å². The third kappa shape index (κ3) is 2.94. The number of nitrogens with zero attached hydrogens (tertiary/aromatic N) is 1. The summed E-state index contributed by atoms with van der Waals surface area (Å²) in [5.74, 6) is 1.28. The number of likely N-dealkylation sites (N-methyl/N-ethyl adjacent to an activating group) is 1. The number of piperidine rings is 1. The Balaban J connectivity index is 1.61.